The molecule has 2 saturated heterocycles. The number of thioether (sulfide) groups is 1. The first kappa shape index (κ1) is 13.6. The molecule has 0 saturated carbocycles. The second-order valence-corrected chi connectivity index (χ2v) is 7.01. The Bertz CT molecular complexity index is 412. The Labute approximate surface area is 123 Å². The van der Waals surface area contributed by atoms with Gasteiger partial charge in [0.25, 0.3) is 5.88 Å². The average molecular weight is 299 g/mol. The molecule has 0 aliphatic carbocycles. The first-order valence-electron chi connectivity index (χ1n) is 7.21. The van der Waals surface area contributed by atoms with Crippen molar-refractivity contribution in [3.63, 3.8) is 0 Å². The minimum absolute atomic E-state index is 0.330. The highest BCUT2D eigenvalue weighted by Crippen LogP contribution is 2.33. The van der Waals surface area contributed by atoms with E-state index in [1.807, 2.05) is 0 Å². The number of fused-ring (bicyclic) bond motifs is 2. The first-order valence-corrected chi connectivity index (χ1v) is 8.92. The van der Waals surface area contributed by atoms with Gasteiger partial charge in [0.2, 0.25) is 0 Å². The van der Waals surface area contributed by atoms with Crippen LogP contribution in [0.25, 0.3) is 0 Å². The van der Waals surface area contributed by atoms with Crippen molar-refractivity contribution in [1.29, 1.82) is 0 Å². The minimum Gasteiger partial charge on any atom is -0.470 e. The third-order valence-corrected chi connectivity index (χ3v) is 5.60. The zero-order valence-corrected chi connectivity index (χ0v) is 13.0. The van der Waals surface area contributed by atoms with Gasteiger partial charge >= 0.3 is 0 Å². The summed E-state index contributed by atoms with van der Waals surface area (Å²) in [4.78, 5) is 2.52. The average Bonchev–Trinajstić information content (AvgIpc) is 2.96. The molecule has 0 amide bonds. The number of piperidine rings is 1. The van der Waals surface area contributed by atoms with Gasteiger partial charge in [0.05, 0.1) is 11.7 Å². The lowest BCUT2D eigenvalue weighted by Gasteiger charge is -2.21. The molecule has 2 fully saturated rings. The molecule has 3 atom stereocenters. The Morgan fingerprint density at radius 3 is 3.21 bits per heavy atom. The second-order valence-electron chi connectivity index (χ2n) is 5.39. The van der Waals surface area contributed by atoms with Gasteiger partial charge in [-0.2, -0.15) is 4.37 Å². The summed E-state index contributed by atoms with van der Waals surface area (Å²) in [6.45, 7) is 5.73. The lowest BCUT2D eigenvalue weighted by Crippen LogP contribution is -2.26. The number of hydrogen-bond acceptors (Lipinski definition) is 6. The Balaban J connectivity index is 1.59. The Hall–Kier alpha value is -0.330. The summed E-state index contributed by atoms with van der Waals surface area (Å²) in [5, 5.41) is 0.995. The highest BCUT2D eigenvalue weighted by molar-refractivity contribution is 7.99. The highest BCUT2D eigenvalue weighted by atomic mass is 32.2. The second kappa shape index (κ2) is 6.41. The third kappa shape index (κ3) is 3.23. The monoisotopic (exact) mass is 299 g/mol. The van der Waals surface area contributed by atoms with Gasteiger partial charge in [-0.3, -0.25) is 4.90 Å². The van der Waals surface area contributed by atoms with Crippen LogP contribution < -0.4 is 4.74 Å². The summed E-state index contributed by atoms with van der Waals surface area (Å²) < 4.78 is 14.9. The molecule has 4 nitrogen and oxygen atoms in total. The standard InChI is InChI=1S/C13H21N3OS2/c1-2-3-7-18-13-12(14-19-15-13)17-11-9-16-6-4-5-10(11)8-16/h10-11H,2-9H2,1H3. The Morgan fingerprint density at radius 1 is 1.42 bits per heavy atom. The summed E-state index contributed by atoms with van der Waals surface area (Å²) in [5.74, 6) is 2.59. The minimum atomic E-state index is 0.330. The fraction of sp³-hybridized carbons (Fsp3) is 0.846. The molecule has 2 aliphatic heterocycles. The largest absolute Gasteiger partial charge is 0.470 e. The van der Waals surface area contributed by atoms with E-state index in [1.165, 1.54) is 50.5 Å². The summed E-state index contributed by atoms with van der Waals surface area (Å²) in [6.07, 6.45) is 5.40. The van der Waals surface area contributed by atoms with Crippen molar-refractivity contribution in [3.05, 3.63) is 0 Å². The molecule has 3 unspecified atom stereocenters. The van der Waals surface area contributed by atoms with E-state index < -0.39 is 0 Å². The van der Waals surface area contributed by atoms with Crippen LogP contribution in [0.15, 0.2) is 5.03 Å². The van der Waals surface area contributed by atoms with E-state index in [0.29, 0.717) is 12.0 Å². The summed E-state index contributed by atoms with van der Waals surface area (Å²) in [6, 6.07) is 0. The van der Waals surface area contributed by atoms with Crippen molar-refractivity contribution < 1.29 is 4.74 Å². The van der Waals surface area contributed by atoms with Gasteiger partial charge in [0.15, 0.2) is 5.03 Å². The Morgan fingerprint density at radius 2 is 2.37 bits per heavy atom. The fourth-order valence-corrected chi connectivity index (χ4v) is 4.50. The molecule has 0 N–H and O–H groups in total. The van der Waals surface area contributed by atoms with E-state index >= 15 is 0 Å². The van der Waals surface area contributed by atoms with Crippen molar-refractivity contribution in [1.82, 2.24) is 13.6 Å². The number of rotatable bonds is 6. The molecule has 1 aromatic rings. The molecule has 0 aromatic carbocycles. The molecule has 0 radical (unpaired) electrons. The molecule has 6 heteroatoms. The molecular weight excluding hydrogens is 278 g/mol. The summed E-state index contributed by atoms with van der Waals surface area (Å²) >= 11 is 3.06. The van der Waals surface area contributed by atoms with E-state index in [0.717, 1.165) is 23.2 Å². The number of nitrogens with zero attached hydrogens (tertiary/aromatic N) is 3. The lowest BCUT2D eigenvalue weighted by atomic mass is 9.99. The van der Waals surface area contributed by atoms with Gasteiger partial charge in [-0.25, -0.2) is 0 Å². The number of ether oxygens (including phenoxy) is 1. The number of aromatic nitrogens is 2. The zero-order chi connectivity index (χ0) is 13.1. The zero-order valence-electron chi connectivity index (χ0n) is 11.4. The smallest absolute Gasteiger partial charge is 0.260 e. The van der Waals surface area contributed by atoms with Gasteiger partial charge in [0.1, 0.15) is 6.10 Å². The van der Waals surface area contributed by atoms with Crippen LogP contribution in [0.1, 0.15) is 32.6 Å². The van der Waals surface area contributed by atoms with Gasteiger partial charge in [-0.15, -0.1) is 4.37 Å². The summed E-state index contributed by atoms with van der Waals surface area (Å²) in [5.41, 5.74) is 0. The van der Waals surface area contributed by atoms with Crippen molar-refractivity contribution >= 4 is 23.5 Å². The molecule has 0 spiro atoms. The molecule has 106 valence electrons. The SMILES string of the molecule is CCCCSc1nsnc1OC1CN2CCCC1C2. The molecular formula is C13H21N3OS2. The van der Waals surface area contributed by atoms with Gasteiger partial charge in [-0.1, -0.05) is 25.1 Å². The Kier molecular flexibility index (Phi) is 4.61. The van der Waals surface area contributed by atoms with Crippen molar-refractivity contribution in [2.75, 3.05) is 25.4 Å². The quantitative estimate of drug-likeness (QED) is 0.596. The summed E-state index contributed by atoms with van der Waals surface area (Å²) in [7, 11) is 0. The van der Waals surface area contributed by atoms with Crippen molar-refractivity contribution in [2.45, 2.75) is 43.7 Å². The van der Waals surface area contributed by atoms with E-state index in [4.69, 9.17) is 4.74 Å². The number of unbranched alkanes of at least 4 members (excludes halogenated alkanes) is 1. The molecule has 19 heavy (non-hydrogen) atoms. The van der Waals surface area contributed by atoms with Crippen LogP contribution in [-0.4, -0.2) is 45.1 Å². The predicted molar refractivity (Wildman–Crippen MR) is 79.1 cm³/mol. The maximum absolute atomic E-state index is 6.17. The molecule has 2 bridgehead atoms. The van der Waals surface area contributed by atoms with Crippen LogP contribution in [0, 0.1) is 5.92 Å². The van der Waals surface area contributed by atoms with Gasteiger partial charge in [-0.05, 0) is 31.6 Å². The molecule has 3 heterocycles. The van der Waals surface area contributed by atoms with Crippen LogP contribution in [0.5, 0.6) is 5.88 Å². The third-order valence-electron chi connectivity index (χ3n) is 3.94. The topological polar surface area (TPSA) is 38.3 Å². The van der Waals surface area contributed by atoms with Gasteiger partial charge in [0, 0.05) is 19.0 Å². The van der Waals surface area contributed by atoms with Crippen molar-refractivity contribution in [3.8, 4) is 5.88 Å². The first-order chi connectivity index (χ1) is 9.36. The maximum atomic E-state index is 6.17. The molecule has 1 aromatic heterocycles. The molecule has 2 aliphatic rings. The van der Waals surface area contributed by atoms with E-state index in [9.17, 15) is 0 Å². The van der Waals surface area contributed by atoms with Crippen LogP contribution in [0.4, 0.5) is 0 Å². The maximum Gasteiger partial charge on any atom is 0.260 e. The lowest BCUT2D eigenvalue weighted by molar-refractivity contribution is 0.160. The van der Waals surface area contributed by atoms with Gasteiger partial charge < -0.3 is 4.74 Å². The van der Waals surface area contributed by atoms with Crippen molar-refractivity contribution in [2.24, 2.45) is 5.92 Å². The predicted octanol–water partition coefficient (Wildman–Crippen LogP) is 2.90. The van der Waals surface area contributed by atoms with E-state index in [2.05, 4.69) is 20.6 Å². The van der Waals surface area contributed by atoms with E-state index in [1.54, 1.807) is 11.8 Å². The fourth-order valence-electron chi connectivity index (χ4n) is 2.89. The molecule has 3 rings (SSSR count). The normalized spacial score (nSPS) is 29.6. The number of hydrogen-bond donors (Lipinski definition) is 0. The van der Waals surface area contributed by atoms with Crippen LogP contribution in [0.2, 0.25) is 0 Å². The van der Waals surface area contributed by atoms with Crippen LogP contribution in [0.3, 0.4) is 0 Å². The van der Waals surface area contributed by atoms with Crippen LogP contribution in [-0.2, 0) is 0 Å². The van der Waals surface area contributed by atoms with Crippen LogP contribution >= 0.6 is 23.5 Å². The highest BCUT2D eigenvalue weighted by Gasteiger charge is 2.37. The van der Waals surface area contributed by atoms with E-state index in [-0.39, 0.29) is 0 Å².